The molecule has 1 heterocycles. The van der Waals surface area contributed by atoms with E-state index in [9.17, 15) is 4.79 Å². The summed E-state index contributed by atoms with van der Waals surface area (Å²) in [6.45, 7) is 8.64. The van der Waals surface area contributed by atoms with Crippen LogP contribution >= 0.6 is 0 Å². The second-order valence-corrected chi connectivity index (χ2v) is 5.02. The number of piperidine rings is 1. The van der Waals surface area contributed by atoms with Crippen LogP contribution < -0.4 is 0 Å². The molecule has 0 aromatic heterocycles. The van der Waals surface area contributed by atoms with Gasteiger partial charge in [-0.3, -0.25) is 0 Å². The maximum Gasteiger partial charge on any atom is 0.410 e. The van der Waals surface area contributed by atoms with Gasteiger partial charge in [-0.05, 0) is 47.0 Å². The van der Waals surface area contributed by atoms with E-state index in [-0.39, 0.29) is 11.7 Å². The predicted molar refractivity (Wildman–Crippen MR) is 56.3 cm³/mol. The zero-order valence-corrected chi connectivity index (χ0v) is 9.67. The van der Waals surface area contributed by atoms with Gasteiger partial charge in [0.05, 0.1) is 0 Å². The second kappa shape index (κ2) is 4.20. The molecule has 0 aromatic rings. The third-order valence-electron chi connectivity index (χ3n) is 2.43. The highest BCUT2D eigenvalue weighted by Gasteiger charge is 2.27. The smallest absolute Gasteiger partial charge is 0.410 e. The van der Waals surface area contributed by atoms with Crippen LogP contribution in [0, 0.1) is 0 Å². The lowest BCUT2D eigenvalue weighted by Gasteiger charge is -2.34. The summed E-state index contributed by atoms with van der Waals surface area (Å²) >= 11 is 0. The first-order valence-electron chi connectivity index (χ1n) is 5.40. The summed E-state index contributed by atoms with van der Waals surface area (Å²) in [4.78, 5) is 13.6. The Morgan fingerprint density at radius 3 is 2.50 bits per heavy atom. The summed E-state index contributed by atoms with van der Waals surface area (Å²) < 4.78 is 5.33. The number of amides is 1. The number of carbonyl (C=O) groups is 1. The highest BCUT2D eigenvalue weighted by atomic mass is 16.6. The molecule has 1 saturated heterocycles. The van der Waals surface area contributed by atoms with Gasteiger partial charge in [-0.1, -0.05) is 0 Å². The quantitative estimate of drug-likeness (QED) is 0.600. The van der Waals surface area contributed by atoms with Crippen molar-refractivity contribution in [1.29, 1.82) is 0 Å². The van der Waals surface area contributed by atoms with Gasteiger partial charge in [-0.15, -0.1) is 0 Å². The van der Waals surface area contributed by atoms with E-state index in [0.29, 0.717) is 6.04 Å². The van der Waals surface area contributed by atoms with Crippen LogP contribution in [-0.2, 0) is 4.74 Å². The number of nitrogens with zero attached hydrogens (tertiary/aromatic N) is 1. The summed E-state index contributed by atoms with van der Waals surface area (Å²) in [5.74, 6) is 0. The average Bonchev–Trinajstić information content (AvgIpc) is 2.01. The molecule has 0 unspecified atom stereocenters. The fourth-order valence-corrected chi connectivity index (χ4v) is 1.69. The highest BCUT2D eigenvalue weighted by Crippen LogP contribution is 2.19. The fraction of sp³-hybridized carbons (Fsp3) is 0.909. The highest BCUT2D eigenvalue weighted by molar-refractivity contribution is 5.68. The minimum atomic E-state index is -0.381. The van der Waals surface area contributed by atoms with Crippen molar-refractivity contribution in [3.05, 3.63) is 0 Å². The summed E-state index contributed by atoms with van der Waals surface area (Å²) in [5, 5.41) is 0. The van der Waals surface area contributed by atoms with E-state index in [1.807, 2.05) is 25.7 Å². The van der Waals surface area contributed by atoms with Crippen LogP contribution in [-0.4, -0.2) is 29.2 Å². The largest absolute Gasteiger partial charge is 0.444 e. The minimum absolute atomic E-state index is 0.162. The van der Waals surface area contributed by atoms with Crippen LogP contribution in [0.25, 0.3) is 0 Å². The molecular weight excluding hydrogens is 178 g/mol. The Labute approximate surface area is 86.4 Å². The van der Waals surface area contributed by atoms with Gasteiger partial charge in [0.2, 0.25) is 0 Å². The molecule has 1 amide bonds. The molecule has 1 aliphatic rings. The van der Waals surface area contributed by atoms with Gasteiger partial charge < -0.3 is 9.64 Å². The van der Waals surface area contributed by atoms with Crippen LogP contribution in [0.15, 0.2) is 0 Å². The zero-order chi connectivity index (χ0) is 10.8. The van der Waals surface area contributed by atoms with Crippen molar-refractivity contribution in [3.63, 3.8) is 0 Å². The number of ether oxygens (including phenoxy) is 1. The third kappa shape index (κ3) is 3.20. The number of carbonyl (C=O) groups excluding carboxylic acids is 1. The van der Waals surface area contributed by atoms with Crippen LogP contribution in [0.1, 0.15) is 47.0 Å². The monoisotopic (exact) mass is 199 g/mol. The van der Waals surface area contributed by atoms with E-state index in [2.05, 4.69) is 6.92 Å². The van der Waals surface area contributed by atoms with E-state index in [1.165, 1.54) is 6.42 Å². The second-order valence-electron chi connectivity index (χ2n) is 5.02. The Morgan fingerprint density at radius 1 is 1.36 bits per heavy atom. The van der Waals surface area contributed by atoms with E-state index >= 15 is 0 Å². The maximum atomic E-state index is 11.7. The van der Waals surface area contributed by atoms with Gasteiger partial charge in [0.25, 0.3) is 0 Å². The summed E-state index contributed by atoms with van der Waals surface area (Å²) in [6, 6.07) is 0.332. The summed E-state index contributed by atoms with van der Waals surface area (Å²) in [6.07, 6.45) is 3.26. The van der Waals surface area contributed by atoms with Crippen molar-refractivity contribution in [2.24, 2.45) is 0 Å². The number of hydrogen-bond acceptors (Lipinski definition) is 2. The number of hydrogen-bond donors (Lipinski definition) is 0. The lowest BCUT2D eigenvalue weighted by Crippen LogP contribution is -2.44. The fourth-order valence-electron chi connectivity index (χ4n) is 1.69. The summed E-state index contributed by atoms with van der Waals surface area (Å²) in [7, 11) is 0. The molecule has 82 valence electrons. The molecule has 0 radical (unpaired) electrons. The number of likely N-dealkylation sites (tertiary alicyclic amines) is 1. The van der Waals surface area contributed by atoms with Crippen molar-refractivity contribution in [2.75, 3.05) is 6.54 Å². The van der Waals surface area contributed by atoms with Gasteiger partial charge >= 0.3 is 6.09 Å². The maximum absolute atomic E-state index is 11.7. The van der Waals surface area contributed by atoms with Crippen LogP contribution in [0.2, 0.25) is 0 Å². The molecule has 0 spiro atoms. The van der Waals surface area contributed by atoms with Crippen molar-refractivity contribution in [3.8, 4) is 0 Å². The molecule has 1 aliphatic heterocycles. The van der Waals surface area contributed by atoms with E-state index in [4.69, 9.17) is 4.74 Å². The molecule has 1 rings (SSSR count). The zero-order valence-electron chi connectivity index (χ0n) is 9.67. The first-order chi connectivity index (χ1) is 6.40. The Kier molecular flexibility index (Phi) is 3.40. The first kappa shape index (κ1) is 11.3. The Balaban J connectivity index is 2.50. The van der Waals surface area contributed by atoms with Crippen LogP contribution in [0.3, 0.4) is 0 Å². The minimum Gasteiger partial charge on any atom is -0.444 e. The van der Waals surface area contributed by atoms with Gasteiger partial charge in [0.1, 0.15) is 5.60 Å². The first-order valence-corrected chi connectivity index (χ1v) is 5.40. The Hall–Kier alpha value is -0.730. The molecule has 3 heteroatoms. The van der Waals surface area contributed by atoms with Crippen LogP contribution in [0.4, 0.5) is 4.79 Å². The average molecular weight is 199 g/mol. The van der Waals surface area contributed by atoms with Gasteiger partial charge in [0, 0.05) is 12.6 Å². The molecule has 0 aliphatic carbocycles. The molecule has 1 fully saturated rings. The van der Waals surface area contributed by atoms with E-state index in [0.717, 1.165) is 19.4 Å². The van der Waals surface area contributed by atoms with Crippen molar-refractivity contribution in [1.82, 2.24) is 4.90 Å². The van der Waals surface area contributed by atoms with E-state index in [1.54, 1.807) is 0 Å². The lowest BCUT2D eigenvalue weighted by molar-refractivity contribution is 0.0121. The Bertz CT molecular complexity index is 208. The van der Waals surface area contributed by atoms with Crippen molar-refractivity contribution >= 4 is 6.09 Å². The molecule has 0 N–H and O–H groups in total. The molecule has 0 saturated carbocycles. The normalized spacial score (nSPS) is 23.4. The standard InChI is InChI=1S/C11H21NO2/c1-9-7-5-6-8-12(9)10(13)14-11(2,3)4/h9H,5-8H2,1-4H3/t9-/m0/s1. The Morgan fingerprint density at radius 2 is 2.00 bits per heavy atom. The van der Waals surface area contributed by atoms with Crippen molar-refractivity contribution < 1.29 is 9.53 Å². The molecule has 3 nitrogen and oxygen atoms in total. The van der Waals surface area contributed by atoms with Crippen LogP contribution in [0.5, 0.6) is 0 Å². The van der Waals surface area contributed by atoms with Gasteiger partial charge in [-0.2, -0.15) is 0 Å². The number of rotatable bonds is 0. The van der Waals surface area contributed by atoms with Gasteiger partial charge in [-0.25, -0.2) is 4.79 Å². The molecule has 1 atom stereocenters. The topological polar surface area (TPSA) is 29.5 Å². The third-order valence-corrected chi connectivity index (χ3v) is 2.43. The molecular formula is C11H21NO2. The predicted octanol–water partition coefficient (Wildman–Crippen LogP) is 2.80. The van der Waals surface area contributed by atoms with E-state index < -0.39 is 0 Å². The van der Waals surface area contributed by atoms with Crippen molar-refractivity contribution in [2.45, 2.75) is 58.6 Å². The SMILES string of the molecule is C[C@H]1CCCCN1C(=O)OC(C)(C)C. The lowest BCUT2D eigenvalue weighted by atomic mass is 10.0. The molecule has 0 bridgehead atoms. The molecule has 0 aromatic carbocycles. The molecule has 14 heavy (non-hydrogen) atoms. The summed E-state index contributed by atoms with van der Waals surface area (Å²) in [5.41, 5.74) is -0.381. The van der Waals surface area contributed by atoms with Gasteiger partial charge in [0.15, 0.2) is 0 Å².